The number of hydrogen-bond acceptors (Lipinski definition) is 5. The van der Waals surface area contributed by atoms with Crippen molar-refractivity contribution in [1.29, 1.82) is 0 Å². The Morgan fingerprint density at radius 2 is 1.97 bits per heavy atom. The second-order valence-corrected chi connectivity index (χ2v) is 8.46. The maximum atomic E-state index is 13.3. The average molecular weight is 408 g/mol. The Morgan fingerprint density at radius 1 is 1.17 bits per heavy atom. The van der Waals surface area contributed by atoms with E-state index in [1.807, 2.05) is 61.0 Å². The zero-order chi connectivity index (χ0) is 20.4. The third kappa shape index (κ3) is 4.00. The van der Waals surface area contributed by atoms with E-state index in [9.17, 15) is 4.79 Å². The molecule has 4 rings (SSSR count). The Kier molecular flexibility index (Phi) is 5.58. The molecule has 1 amide bonds. The van der Waals surface area contributed by atoms with Crippen LogP contribution in [0.1, 0.15) is 41.9 Å². The molecule has 0 spiro atoms. The first-order valence-corrected chi connectivity index (χ1v) is 10.8. The molecule has 7 heteroatoms. The van der Waals surface area contributed by atoms with Crippen LogP contribution in [0.3, 0.4) is 0 Å². The number of fused-ring (bicyclic) bond motifs is 1. The molecule has 1 aliphatic heterocycles. The highest BCUT2D eigenvalue weighted by molar-refractivity contribution is 8.00. The summed E-state index contributed by atoms with van der Waals surface area (Å²) >= 11 is 1.46. The van der Waals surface area contributed by atoms with Crippen LogP contribution in [0, 0.1) is 13.8 Å². The average Bonchev–Trinajstić information content (AvgIpc) is 3.12. The summed E-state index contributed by atoms with van der Waals surface area (Å²) in [6.45, 7) is 6.18. The molecule has 0 saturated carbocycles. The third-order valence-electron chi connectivity index (χ3n) is 5.03. The summed E-state index contributed by atoms with van der Waals surface area (Å²) in [5, 5.41) is 12.1. The summed E-state index contributed by atoms with van der Waals surface area (Å²) < 4.78 is 1.94. The first kappa shape index (κ1) is 19.5. The second-order valence-electron chi connectivity index (χ2n) is 7.35. The number of carbonyl (C=O) groups is 1. The van der Waals surface area contributed by atoms with Gasteiger partial charge in [-0.05, 0) is 37.5 Å². The standard InChI is InChI=1S/C22H25N5OS/c1-4-8-18-24-25-22-27(18)26-19(16-9-6-5-7-10-16)20(29-22)21(28)23-17-12-11-14(2)13-15(17)3/h5-7,9-13,19-20,26H,4,8H2,1-3H3,(H,23,28)/t19-,20+/m0/s1. The van der Waals surface area contributed by atoms with Crippen LogP contribution >= 0.6 is 11.8 Å². The quantitative estimate of drug-likeness (QED) is 0.662. The van der Waals surface area contributed by atoms with E-state index in [4.69, 9.17) is 0 Å². The van der Waals surface area contributed by atoms with Crippen molar-refractivity contribution in [3.8, 4) is 0 Å². The van der Waals surface area contributed by atoms with Crippen LogP contribution in [0.4, 0.5) is 5.69 Å². The second kappa shape index (κ2) is 8.29. The largest absolute Gasteiger partial charge is 0.325 e. The highest BCUT2D eigenvalue weighted by Crippen LogP contribution is 2.37. The predicted octanol–water partition coefficient (Wildman–Crippen LogP) is 4.25. The Hall–Kier alpha value is -2.80. The van der Waals surface area contributed by atoms with Crippen LogP contribution in [0.5, 0.6) is 0 Å². The van der Waals surface area contributed by atoms with E-state index in [0.29, 0.717) is 0 Å². The lowest BCUT2D eigenvalue weighted by molar-refractivity contribution is -0.116. The fraction of sp³-hybridized carbons (Fsp3) is 0.318. The molecule has 2 aromatic carbocycles. The van der Waals surface area contributed by atoms with Gasteiger partial charge in [0.25, 0.3) is 0 Å². The molecule has 2 heterocycles. The molecule has 6 nitrogen and oxygen atoms in total. The minimum Gasteiger partial charge on any atom is -0.325 e. The molecule has 1 aromatic heterocycles. The van der Waals surface area contributed by atoms with Crippen LogP contribution < -0.4 is 10.7 Å². The Morgan fingerprint density at radius 3 is 2.69 bits per heavy atom. The summed E-state index contributed by atoms with van der Waals surface area (Å²) in [6.07, 6.45) is 1.82. The normalized spacial score (nSPS) is 18.0. The molecule has 3 aromatic rings. The van der Waals surface area contributed by atoms with Crippen LogP contribution in [-0.2, 0) is 11.2 Å². The van der Waals surface area contributed by atoms with Gasteiger partial charge in [-0.3, -0.25) is 4.79 Å². The highest BCUT2D eigenvalue weighted by atomic mass is 32.2. The van der Waals surface area contributed by atoms with Gasteiger partial charge < -0.3 is 10.7 Å². The summed E-state index contributed by atoms with van der Waals surface area (Å²) in [4.78, 5) is 13.3. The van der Waals surface area contributed by atoms with Crippen molar-refractivity contribution in [2.75, 3.05) is 10.7 Å². The van der Waals surface area contributed by atoms with Crippen molar-refractivity contribution >= 4 is 23.4 Å². The Balaban J connectivity index is 1.66. The van der Waals surface area contributed by atoms with E-state index < -0.39 is 0 Å². The summed E-state index contributed by atoms with van der Waals surface area (Å²) in [5.74, 6) is 0.846. The molecule has 0 aliphatic carbocycles. The number of aromatic nitrogens is 3. The van der Waals surface area contributed by atoms with Gasteiger partial charge in [0.2, 0.25) is 11.1 Å². The first-order valence-electron chi connectivity index (χ1n) is 9.87. The molecule has 1 aliphatic rings. The van der Waals surface area contributed by atoms with Crippen LogP contribution in [-0.4, -0.2) is 26.0 Å². The number of amides is 1. The number of rotatable bonds is 5. The lowest BCUT2D eigenvalue weighted by Gasteiger charge is -2.33. The lowest BCUT2D eigenvalue weighted by Crippen LogP contribution is -2.41. The predicted molar refractivity (Wildman–Crippen MR) is 117 cm³/mol. The van der Waals surface area contributed by atoms with Gasteiger partial charge in [-0.1, -0.05) is 66.7 Å². The molecule has 0 saturated heterocycles. The van der Waals surface area contributed by atoms with Gasteiger partial charge in [0.1, 0.15) is 5.25 Å². The molecule has 29 heavy (non-hydrogen) atoms. The monoisotopic (exact) mass is 407 g/mol. The van der Waals surface area contributed by atoms with Crippen molar-refractivity contribution in [3.05, 3.63) is 71.0 Å². The fourth-order valence-electron chi connectivity index (χ4n) is 3.55. The molecular formula is C22H25N5OS. The molecule has 2 atom stereocenters. The molecule has 0 fully saturated rings. The van der Waals surface area contributed by atoms with Crippen molar-refractivity contribution in [2.45, 2.75) is 50.1 Å². The number of thioether (sulfide) groups is 1. The molecule has 0 unspecified atom stereocenters. The number of anilines is 1. The van der Waals surface area contributed by atoms with Gasteiger partial charge in [0, 0.05) is 12.1 Å². The molecule has 0 radical (unpaired) electrons. The van der Waals surface area contributed by atoms with Gasteiger partial charge in [-0.2, -0.15) is 0 Å². The van der Waals surface area contributed by atoms with Crippen molar-refractivity contribution in [1.82, 2.24) is 14.9 Å². The fourth-order valence-corrected chi connectivity index (χ4v) is 4.65. The van der Waals surface area contributed by atoms with E-state index in [0.717, 1.165) is 40.6 Å². The van der Waals surface area contributed by atoms with Crippen LogP contribution in [0.2, 0.25) is 0 Å². The maximum Gasteiger partial charge on any atom is 0.240 e. The summed E-state index contributed by atoms with van der Waals surface area (Å²) in [7, 11) is 0. The van der Waals surface area contributed by atoms with E-state index >= 15 is 0 Å². The van der Waals surface area contributed by atoms with E-state index in [1.54, 1.807) is 0 Å². The number of benzene rings is 2. The SMILES string of the molecule is CCCc1nnc2n1N[C@@H](c1ccccc1)[C@H](C(=O)Nc1ccc(C)cc1C)S2. The molecular weight excluding hydrogens is 382 g/mol. The minimum absolute atomic E-state index is 0.0467. The summed E-state index contributed by atoms with van der Waals surface area (Å²) in [5.41, 5.74) is 7.62. The first-order chi connectivity index (χ1) is 14.1. The van der Waals surface area contributed by atoms with Crippen molar-refractivity contribution in [3.63, 3.8) is 0 Å². The number of carbonyl (C=O) groups excluding carboxylic acids is 1. The number of hydrogen-bond donors (Lipinski definition) is 2. The van der Waals surface area contributed by atoms with Crippen molar-refractivity contribution < 1.29 is 4.79 Å². The topological polar surface area (TPSA) is 71.8 Å². The van der Waals surface area contributed by atoms with Gasteiger partial charge in [0.15, 0.2) is 5.82 Å². The van der Waals surface area contributed by atoms with Gasteiger partial charge in [-0.15, -0.1) is 10.2 Å². The third-order valence-corrected chi connectivity index (χ3v) is 6.25. The maximum absolute atomic E-state index is 13.3. The lowest BCUT2D eigenvalue weighted by atomic mass is 10.0. The van der Waals surface area contributed by atoms with Gasteiger partial charge in [0.05, 0.1) is 6.04 Å². The van der Waals surface area contributed by atoms with Gasteiger partial charge in [-0.25, -0.2) is 4.68 Å². The summed E-state index contributed by atoms with van der Waals surface area (Å²) in [6, 6.07) is 15.9. The molecule has 150 valence electrons. The van der Waals surface area contributed by atoms with Crippen molar-refractivity contribution in [2.24, 2.45) is 0 Å². The van der Waals surface area contributed by atoms with E-state index in [1.165, 1.54) is 17.3 Å². The van der Waals surface area contributed by atoms with E-state index in [-0.39, 0.29) is 17.2 Å². The smallest absolute Gasteiger partial charge is 0.240 e. The number of nitrogens with zero attached hydrogens (tertiary/aromatic N) is 3. The number of nitrogens with one attached hydrogen (secondary N) is 2. The minimum atomic E-state index is -0.371. The Bertz CT molecular complexity index is 1020. The highest BCUT2D eigenvalue weighted by Gasteiger charge is 2.37. The molecule has 2 N–H and O–H groups in total. The van der Waals surface area contributed by atoms with Crippen LogP contribution in [0.15, 0.2) is 53.7 Å². The number of aryl methyl sites for hydroxylation is 3. The Labute approximate surface area is 175 Å². The zero-order valence-electron chi connectivity index (χ0n) is 16.8. The zero-order valence-corrected chi connectivity index (χ0v) is 17.7. The molecule has 0 bridgehead atoms. The van der Waals surface area contributed by atoms with Crippen LogP contribution in [0.25, 0.3) is 0 Å². The van der Waals surface area contributed by atoms with Gasteiger partial charge >= 0.3 is 0 Å². The van der Waals surface area contributed by atoms with E-state index in [2.05, 4.69) is 33.9 Å².